The molecule has 2 fully saturated rings. The Morgan fingerprint density at radius 2 is 1.67 bits per heavy atom. The van der Waals surface area contributed by atoms with Crippen molar-refractivity contribution in [2.45, 2.75) is 45.8 Å². The van der Waals surface area contributed by atoms with Gasteiger partial charge in [0.2, 0.25) is 0 Å². The van der Waals surface area contributed by atoms with E-state index >= 15 is 0 Å². The van der Waals surface area contributed by atoms with Crippen molar-refractivity contribution in [3.8, 4) is 0 Å². The predicted octanol–water partition coefficient (Wildman–Crippen LogP) is 3.77. The average molecular weight is 330 g/mol. The fraction of sp³-hybridized carbons (Fsp3) is 0.650. The van der Waals surface area contributed by atoms with Gasteiger partial charge in [0, 0.05) is 19.6 Å². The van der Waals surface area contributed by atoms with Gasteiger partial charge in [0.25, 0.3) is 0 Å². The molecular formula is C20H30N2O2. The van der Waals surface area contributed by atoms with Gasteiger partial charge in [-0.25, -0.2) is 4.79 Å². The normalized spacial score (nSPS) is 25.2. The highest BCUT2D eigenvalue weighted by Gasteiger charge is 2.38. The molecule has 132 valence electrons. The van der Waals surface area contributed by atoms with E-state index in [2.05, 4.69) is 35.2 Å². The summed E-state index contributed by atoms with van der Waals surface area (Å²) in [6, 6.07) is 10.7. The van der Waals surface area contributed by atoms with Gasteiger partial charge in [-0.15, -0.1) is 0 Å². The molecule has 0 aromatic heterocycles. The Labute approximate surface area is 145 Å². The van der Waals surface area contributed by atoms with Crippen molar-refractivity contribution in [3.63, 3.8) is 0 Å². The molecule has 2 heterocycles. The molecule has 0 saturated carbocycles. The number of hydrogen-bond donors (Lipinski definition) is 0. The molecule has 0 unspecified atom stereocenters. The first-order chi connectivity index (χ1) is 11.4. The maximum atomic E-state index is 12.3. The van der Waals surface area contributed by atoms with E-state index in [4.69, 9.17) is 4.74 Å². The molecule has 4 nitrogen and oxygen atoms in total. The molecule has 0 spiro atoms. The Balaban J connectivity index is 1.52. The zero-order valence-corrected chi connectivity index (χ0v) is 15.2. The summed E-state index contributed by atoms with van der Waals surface area (Å²) in [5.74, 6) is 1.25. The second kappa shape index (κ2) is 7.14. The van der Waals surface area contributed by atoms with E-state index < -0.39 is 5.60 Å². The lowest BCUT2D eigenvalue weighted by Crippen LogP contribution is -2.36. The first-order valence-corrected chi connectivity index (χ1v) is 9.15. The summed E-state index contributed by atoms with van der Waals surface area (Å²) < 4.78 is 5.54. The monoisotopic (exact) mass is 330 g/mol. The molecule has 1 aromatic rings. The lowest BCUT2D eigenvalue weighted by Gasteiger charge is -2.25. The molecule has 2 aliphatic rings. The number of amides is 1. The number of carbonyl (C=O) groups excluding carboxylic acids is 1. The molecule has 3 rings (SSSR count). The predicted molar refractivity (Wildman–Crippen MR) is 95.7 cm³/mol. The fourth-order valence-corrected chi connectivity index (χ4v) is 3.88. The van der Waals surface area contributed by atoms with Gasteiger partial charge in [-0.1, -0.05) is 30.3 Å². The number of nitrogens with zero attached hydrogens (tertiary/aromatic N) is 2. The van der Waals surface area contributed by atoms with E-state index in [0.29, 0.717) is 11.8 Å². The number of carbonyl (C=O) groups is 1. The van der Waals surface area contributed by atoms with E-state index in [9.17, 15) is 4.79 Å². The van der Waals surface area contributed by atoms with Crippen LogP contribution in [0.2, 0.25) is 0 Å². The maximum Gasteiger partial charge on any atom is 0.410 e. The number of rotatable bonds is 2. The Bertz CT molecular complexity index is 537. The average Bonchev–Trinajstić information content (AvgIpc) is 2.84. The van der Waals surface area contributed by atoms with Gasteiger partial charge in [0.15, 0.2) is 0 Å². The van der Waals surface area contributed by atoms with Gasteiger partial charge in [-0.2, -0.15) is 0 Å². The molecule has 0 aliphatic carbocycles. The summed E-state index contributed by atoms with van der Waals surface area (Å²) in [6.07, 6.45) is 2.21. The first kappa shape index (κ1) is 17.3. The summed E-state index contributed by atoms with van der Waals surface area (Å²) >= 11 is 0. The van der Waals surface area contributed by atoms with E-state index in [-0.39, 0.29) is 6.09 Å². The molecule has 2 saturated heterocycles. The molecule has 0 radical (unpaired) electrons. The summed E-state index contributed by atoms with van der Waals surface area (Å²) in [5, 5.41) is 0. The van der Waals surface area contributed by atoms with Crippen molar-refractivity contribution < 1.29 is 9.53 Å². The third kappa shape index (κ3) is 4.50. The molecule has 1 amide bonds. The van der Waals surface area contributed by atoms with E-state index in [0.717, 1.165) is 32.7 Å². The van der Waals surface area contributed by atoms with Gasteiger partial charge in [0.1, 0.15) is 5.60 Å². The van der Waals surface area contributed by atoms with Gasteiger partial charge in [-0.3, -0.25) is 4.90 Å². The zero-order valence-electron chi connectivity index (χ0n) is 15.2. The molecule has 1 aromatic carbocycles. The highest BCUT2D eigenvalue weighted by Crippen LogP contribution is 2.32. The quantitative estimate of drug-likeness (QED) is 0.827. The standard InChI is InChI=1S/C20H30N2O2/c1-20(2,3)24-19(23)22-14-17-9-11-21(12-10-18(17)15-22)13-16-7-5-4-6-8-16/h4-8,17-18H,9-15H2,1-3H3/t17-,18-/m0/s1. The second-order valence-corrected chi connectivity index (χ2v) is 8.24. The maximum absolute atomic E-state index is 12.3. The van der Waals surface area contributed by atoms with Crippen molar-refractivity contribution in [1.82, 2.24) is 9.80 Å². The Hall–Kier alpha value is -1.55. The van der Waals surface area contributed by atoms with Crippen molar-refractivity contribution >= 4 is 6.09 Å². The van der Waals surface area contributed by atoms with Crippen LogP contribution < -0.4 is 0 Å². The van der Waals surface area contributed by atoms with E-state index in [1.807, 2.05) is 25.7 Å². The second-order valence-electron chi connectivity index (χ2n) is 8.24. The third-order valence-corrected chi connectivity index (χ3v) is 5.11. The third-order valence-electron chi connectivity index (χ3n) is 5.11. The van der Waals surface area contributed by atoms with Crippen LogP contribution in [0.1, 0.15) is 39.2 Å². The molecule has 2 atom stereocenters. The Morgan fingerprint density at radius 3 is 2.21 bits per heavy atom. The topological polar surface area (TPSA) is 32.8 Å². The van der Waals surface area contributed by atoms with Crippen molar-refractivity contribution in [1.29, 1.82) is 0 Å². The van der Waals surface area contributed by atoms with Crippen molar-refractivity contribution in [3.05, 3.63) is 35.9 Å². The van der Waals surface area contributed by atoms with Crippen LogP contribution in [0, 0.1) is 11.8 Å². The van der Waals surface area contributed by atoms with Gasteiger partial charge >= 0.3 is 6.09 Å². The number of fused-ring (bicyclic) bond motifs is 1. The summed E-state index contributed by atoms with van der Waals surface area (Å²) in [6.45, 7) is 10.8. The van der Waals surface area contributed by atoms with Gasteiger partial charge in [0.05, 0.1) is 0 Å². The van der Waals surface area contributed by atoms with Crippen LogP contribution in [0.4, 0.5) is 4.79 Å². The molecule has 0 N–H and O–H groups in total. The van der Waals surface area contributed by atoms with E-state index in [1.54, 1.807) is 0 Å². The van der Waals surface area contributed by atoms with Crippen LogP contribution in [-0.4, -0.2) is 47.7 Å². The Morgan fingerprint density at radius 1 is 1.08 bits per heavy atom. The minimum Gasteiger partial charge on any atom is -0.444 e. The van der Waals surface area contributed by atoms with Crippen LogP contribution in [-0.2, 0) is 11.3 Å². The minimum atomic E-state index is -0.409. The lowest BCUT2D eigenvalue weighted by molar-refractivity contribution is 0.0280. The highest BCUT2D eigenvalue weighted by atomic mass is 16.6. The molecule has 24 heavy (non-hydrogen) atoms. The molecule has 2 aliphatic heterocycles. The van der Waals surface area contributed by atoms with Crippen LogP contribution in [0.15, 0.2) is 30.3 Å². The van der Waals surface area contributed by atoms with Crippen LogP contribution >= 0.6 is 0 Å². The fourth-order valence-electron chi connectivity index (χ4n) is 3.88. The first-order valence-electron chi connectivity index (χ1n) is 9.15. The summed E-state index contributed by atoms with van der Waals surface area (Å²) in [4.78, 5) is 16.8. The van der Waals surface area contributed by atoms with Crippen LogP contribution in [0.3, 0.4) is 0 Å². The molecule has 4 heteroatoms. The van der Waals surface area contributed by atoms with Crippen molar-refractivity contribution in [2.75, 3.05) is 26.2 Å². The summed E-state index contributed by atoms with van der Waals surface area (Å²) in [5.41, 5.74) is 0.980. The smallest absolute Gasteiger partial charge is 0.410 e. The van der Waals surface area contributed by atoms with Crippen LogP contribution in [0.25, 0.3) is 0 Å². The van der Waals surface area contributed by atoms with Crippen LogP contribution in [0.5, 0.6) is 0 Å². The van der Waals surface area contributed by atoms with Gasteiger partial charge in [-0.05, 0) is 64.1 Å². The number of benzene rings is 1. The van der Waals surface area contributed by atoms with Crippen molar-refractivity contribution in [2.24, 2.45) is 11.8 Å². The summed E-state index contributed by atoms with van der Waals surface area (Å²) in [7, 11) is 0. The SMILES string of the molecule is CC(C)(C)OC(=O)N1C[C@@H]2CCN(Cc3ccccc3)CC[C@H]2C1. The highest BCUT2D eigenvalue weighted by molar-refractivity contribution is 5.68. The van der Waals surface area contributed by atoms with E-state index in [1.165, 1.54) is 18.4 Å². The number of likely N-dealkylation sites (tertiary alicyclic amines) is 2. The van der Waals surface area contributed by atoms with Gasteiger partial charge < -0.3 is 9.64 Å². The zero-order chi connectivity index (χ0) is 17.2. The molecular weight excluding hydrogens is 300 g/mol. The lowest BCUT2D eigenvalue weighted by atomic mass is 9.92. The number of ether oxygens (including phenoxy) is 1. The molecule has 0 bridgehead atoms. The largest absolute Gasteiger partial charge is 0.444 e. The Kier molecular flexibility index (Phi) is 5.14. The number of hydrogen-bond acceptors (Lipinski definition) is 3. The minimum absolute atomic E-state index is 0.142.